The first-order chi connectivity index (χ1) is 7.06. The van der Waals surface area contributed by atoms with E-state index in [-0.39, 0.29) is 5.91 Å². The Hall–Kier alpha value is -1.43. The molecule has 1 amide bonds. The Labute approximate surface area is 87.5 Å². The Kier molecular flexibility index (Phi) is 2.22. The van der Waals surface area contributed by atoms with Crippen LogP contribution in [-0.4, -0.2) is 49.6 Å². The number of aromatic nitrogens is 3. The summed E-state index contributed by atoms with van der Waals surface area (Å²) in [6, 6.07) is 0. The summed E-state index contributed by atoms with van der Waals surface area (Å²) in [5.74, 6) is -0.124. The van der Waals surface area contributed by atoms with E-state index in [9.17, 15) is 9.90 Å². The molecule has 0 saturated carbocycles. The molecule has 1 N–H and O–H groups in total. The Morgan fingerprint density at radius 2 is 2.33 bits per heavy atom. The first-order valence-corrected chi connectivity index (χ1v) is 4.92. The molecule has 0 atom stereocenters. The highest BCUT2D eigenvalue weighted by atomic mass is 16.3. The van der Waals surface area contributed by atoms with Gasteiger partial charge in [0, 0.05) is 7.05 Å². The molecule has 15 heavy (non-hydrogen) atoms. The van der Waals surface area contributed by atoms with Crippen LogP contribution in [0.1, 0.15) is 23.8 Å². The van der Waals surface area contributed by atoms with Crippen molar-refractivity contribution in [3.8, 4) is 0 Å². The number of hydrogen-bond acceptors (Lipinski definition) is 4. The SMILES string of the molecule is CCC1(O)CN(C(=O)c2cnnn2C)C1. The zero-order valence-corrected chi connectivity index (χ0v) is 8.84. The summed E-state index contributed by atoms with van der Waals surface area (Å²) < 4.78 is 1.44. The van der Waals surface area contributed by atoms with Crippen molar-refractivity contribution in [1.82, 2.24) is 19.9 Å². The van der Waals surface area contributed by atoms with Gasteiger partial charge in [-0.1, -0.05) is 12.1 Å². The van der Waals surface area contributed by atoms with Gasteiger partial charge >= 0.3 is 0 Å². The predicted molar refractivity (Wildman–Crippen MR) is 52.1 cm³/mol. The van der Waals surface area contributed by atoms with Crippen molar-refractivity contribution in [1.29, 1.82) is 0 Å². The van der Waals surface area contributed by atoms with E-state index in [4.69, 9.17) is 0 Å². The van der Waals surface area contributed by atoms with Crippen molar-refractivity contribution in [2.45, 2.75) is 18.9 Å². The van der Waals surface area contributed by atoms with Gasteiger partial charge in [0.1, 0.15) is 5.69 Å². The number of aryl methyl sites for hydroxylation is 1. The molecular formula is C9H14N4O2. The Morgan fingerprint density at radius 1 is 1.67 bits per heavy atom. The second kappa shape index (κ2) is 3.30. The summed E-state index contributed by atoms with van der Waals surface area (Å²) in [6.07, 6.45) is 2.10. The standard InChI is InChI=1S/C9H14N4O2/c1-3-9(15)5-13(6-9)8(14)7-4-10-11-12(7)2/h4,15H,3,5-6H2,1-2H3. The average Bonchev–Trinajstić information content (AvgIpc) is 2.58. The van der Waals surface area contributed by atoms with Gasteiger partial charge in [0.05, 0.1) is 24.9 Å². The molecule has 6 nitrogen and oxygen atoms in total. The van der Waals surface area contributed by atoms with Crippen LogP contribution < -0.4 is 0 Å². The van der Waals surface area contributed by atoms with Crippen LogP contribution in [-0.2, 0) is 7.05 Å². The van der Waals surface area contributed by atoms with E-state index in [2.05, 4.69) is 10.3 Å². The summed E-state index contributed by atoms with van der Waals surface area (Å²) in [6.45, 7) is 2.70. The molecule has 82 valence electrons. The quantitative estimate of drug-likeness (QED) is 0.708. The highest BCUT2D eigenvalue weighted by Crippen LogP contribution is 2.25. The lowest BCUT2D eigenvalue weighted by Gasteiger charge is -2.45. The van der Waals surface area contributed by atoms with E-state index in [1.165, 1.54) is 10.9 Å². The molecule has 6 heteroatoms. The normalized spacial score (nSPS) is 18.7. The first kappa shape index (κ1) is 10.1. The lowest BCUT2D eigenvalue weighted by atomic mass is 9.91. The van der Waals surface area contributed by atoms with Gasteiger partial charge in [-0.25, -0.2) is 4.68 Å². The summed E-state index contributed by atoms with van der Waals surface area (Å²) in [7, 11) is 1.67. The number of amides is 1. The van der Waals surface area contributed by atoms with E-state index >= 15 is 0 Å². The van der Waals surface area contributed by atoms with E-state index in [1.54, 1.807) is 11.9 Å². The lowest BCUT2D eigenvalue weighted by molar-refractivity contribution is -0.0829. The van der Waals surface area contributed by atoms with Crippen molar-refractivity contribution in [3.63, 3.8) is 0 Å². The minimum Gasteiger partial charge on any atom is -0.386 e. The molecule has 1 aromatic rings. The number of aliphatic hydroxyl groups is 1. The zero-order chi connectivity index (χ0) is 11.1. The number of nitrogens with zero attached hydrogens (tertiary/aromatic N) is 4. The van der Waals surface area contributed by atoms with Crippen LogP contribution in [0.2, 0.25) is 0 Å². The molecule has 0 spiro atoms. The molecular weight excluding hydrogens is 196 g/mol. The summed E-state index contributed by atoms with van der Waals surface area (Å²) in [5, 5.41) is 17.1. The number of β-amino-alcohol motifs (C(OH)–C–C–N with tert-alkyl or cyclic N) is 1. The molecule has 1 saturated heterocycles. The predicted octanol–water partition coefficient (Wildman–Crippen LogP) is -0.588. The van der Waals surface area contributed by atoms with Crippen LogP contribution in [0.25, 0.3) is 0 Å². The molecule has 1 fully saturated rings. The van der Waals surface area contributed by atoms with Gasteiger partial charge in [-0.2, -0.15) is 0 Å². The minimum absolute atomic E-state index is 0.124. The maximum atomic E-state index is 11.8. The Bertz CT molecular complexity index is 381. The third kappa shape index (κ3) is 1.61. The minimum atomic E-state index is -0.693. The average molecular weight is 210 g/mol. The maximum Gasteiger partial charge on any atom is 0.273 e. The molecule has 0 aromatic carbocycles. The van der Waals surface area contributed by atoms with Gasteiger partial charge in [-0.3, -0.25) is 4.79 Å². The number of rotatable bonds is 2. The fourth-order valence-corrected chi connectivity index (χ4v) is 1.68. The fourth-order valence-electron chi connectivity index (χ4n) is 1.68. The second-order valence-corrected chi connectivity index (χ2v) is 3.98. The van der Waals surface area contributed by atoms with Gasteiger partial charge < -0.3 is 10.0 Å². The van der Waals surface area contributed by atoms with Gasteiger partial charge in [-0.15, -0.1) is 5.10 Å². The molecule has 0 radical (unpaired) electrons. The third-order valence-corrected chi connectivity index (χ3v) is 2.85. The molecule has 0 bridgehead atoms. The maximum absolute atomic E-state index is 11.8. The molecule has 2 rings (SSSR count). The fraction of sp³-hybridized carbons (Fsp3) is 0.667. The van der Waals surface area contributed by atoms with E-state index in [0.717, 1.165) is 0 Å². The highest BCUT2D eigenvalue weighted by molar-refractivity contribution is 5.92. The van der Waals surface area contributed by atoms with Crippen molar-refractivity contribution >= 4 is 5.91 Å². The van der Waals surface area contributed by atoms with Gasteiger partial charge in [0.25, 0.3) is 5.91 Å². The molecule has 1 aliphatic rings. The molecule has 0 unspecified atom stereocenters. The van der Waals surface area contributed by atoms with Crippen molar-refractivity contribution in [2.75, 3.05) is 13.1 Å². The van der Waals surface area contributed by atoms with E-state index in [0.29, 0.717) is 25.2 Å². The van der Waals surface area contributed by atoms with Crippen LogP contribution in [0.15, 0.2) is 6.20 Å². The summed E-state index contributed by atoms with van der Waals surface area (Å²) >= 11 is 0. The smallest absolute Gasteiger partial charge is 0.273 e. The van der Waals surface area contributed by atoms with Crippen LogP contribution in [0.4, 0.5) is 0 Å². The molecule has 1 aliphatic heterocycles. The van der Waals surface area contributed by atoms with Crippen molar-refractivity contribution in [2.24, 2.45) is 7.05 Å². The number of carbonyl (C=O) groups excluding carboxylic acids is 1. The molecule has 2 heterocycles. The highest BCUT2D eigenvalue weighted by Gasteiger charge is 2.42. The largest absolute Gasteiger partial charge is 0.386 e. The van der Waals surface area contributed by atoms with E-state index < -0.39 is 5.60 Å². The monoisotopic (exact) mass is 210 g/mol. The van der Waals surface area contributed by atoms with Crippen LogP contribution in [0, 0.1) is 0 Å². The first-order valence-electron chi connectivity index (χ1n) is 4.92. The Morgan fingerprint density at radius 3 is 2.80 bits per heavy atom. The van der Waals surface area contributed by atoms with Crippen molar-refractivity contribution in [3.05, 3.63) is 11.9 Å². The van der Waals surface area contributed by atoms with Gasteiger partial charge in [0.15, 0.2) is 0 Å². The van der Waals surface area contributed by atoms with Gasteiger partial charge in [0.2, 0.25) is 0 Å². The molecule has 0 aliphatic carbocycles. The summed E-state index contributed by atoms with van der Waals surface area (Å²) in [4.78, 5) is 13.4. The Balaban J connectivity index is 2.04. The zero-order valence-electron chi connectivity index (χ0n) is 8.84. The second-order valence-electron chi connectivity index (χ2n) is 3.98. The van der Waals surface area contributed by atoms with Crippen LogP contribution >= 0.6 is 0 Å². The number of carbonyl (C=O) groups is 1. The topological polar surface area (TPSA) is 71.2 Å². The van der Waals surface area contributed by atoms with Crippen molar-refractivity contribution < 1.29 is 9.90 Å². The van der Waals surface area contributed by atoms with Crippen LogP contribution in [0.5, 0.6) is 0 Å². The number of hydrogen-bond donors (Lipinski definition) is 1. The third-order valence-electron chi connectivity index (χ3n) is 2.85. The number of likely N-dealkylation sites (tertiary alicyclic amines) is 1. The lowest BCUT2D eigenvalue weighted by Crippen LogP contribution is -2.63. The van der Waals surface area contributed by atoms with Crippen LogP contribution in [0.3, 0.4) is 0 Å². The molecule has 1 aromatic heterocycles. The van der Waals surface area contributed by atoms with E-state index in [1.807, 2.05) is 6.92 Å². The van der Waals surface area contributed by atoms with Gasteiger partial charge in [-0.05, 0) is 6.42 Å². The summed E-state index contributed by atoms with van der Waals surface area (Å²) in [5.41, 5.74) is -0.241.